The molecule has 0 aliphatic carbocycles. The van der Waals surface area contributed by atoms with Crippen molar-refractivity contribution >= 4 is 23.7 Å². The molecule has 0 spiro atoms. The molecule has 3 N–H and O–H groups in total. The van der Waals surface area contributed by atoms with Crippen molar-refractivity contribution in [3.8, 4) is 6.01 Å². The van der Waals surface area contributed by atoms with E-state index in [2.05, 4.69) is 33.4 Å². The van der Waals surface area contributed by atoms with Crippen LogP contribution >= 0.6 is 11.8 Å². The molecule has 7 heteroatoms. The third-order valence-corrected chi connectivity index (χ3v) is 2.90. The first-order valence-corrected chi connectivity index (χ1v) is 7.38. The topological polar surface area (TPSA) is 86.0 Å². The van der Waals surface area contributed by atoms with Crippen LogP contribution < -0.4 is 15.8 Å². The maximum Gasteiger partial charge on any atom is 0.323 e. The van der Waals surface area contributed by atoms with Crippen LogP contribution in [0.2, 0.25) is 0 Å². The predicted octanol–water partition coefficient (Wildman–Crippen LogP) is 1.79. The Morgan fingerprint density at radius 2 is 2.06 bits per heavy atom. The van der Waals surface area contributed by atoms with Gasteiger partial charge in [-0.1, -0.05) is 6.92 Å². The molecule has 0 aliphatic heterocycles. The minimum Gasteiger partial charge on any atom is -0.461 e. The summed E-state index contributed by atoms with van der Waals surface area (Å²) in [6.07, 6.45) is 3.07. The molecule has 1 atom stereocenters. The summed E-state index contributed by atoms with van der Waals surface area (Å²) in [5.74, 6) is 1.63. The fourth-order valence-electron chi connectivity index (χ4n) is 1.35. The Labute approximate surface area is 112 Å². The number of nitrogens with two attached hydrogens (primary N) is 1. The molecule has 0 radical (unpaired) electrons. The van der Waals surface area contributed by atoms with Gasteiger partial charge in [0.25, 0.3) is 0 Å². The second-order valence-corrected chi connectivity index (χ2v) is 5.08. The Kier molecular flexibility index (Phi) is 5.97. The third-order valence-electron chi connectivity index (χ3n) is 2.17. The lowest BCUT2D eigenvalue weighted by molar-refractivity contribution is 0.222. The summed E-state index contributed by atoms with van der Waals surface area (Å²) in [4.78, 5) is 12.2. The number of rotatable bonds is 7. The van der Waals surface area contributed by atoms with Crippen LogP contribution in [0.25, 0.3) is 0 Å². The van der Waals surface area contributed by atoms with Gasteiger partial charge in [-0.15, -0.1) is 0 Å². The van der Waals surface area contributed by atoms with Crippen molar-refractivity contribution in [1.82, 2.24) is 15.0 Å². The van der Waals surface area contributed by atoms with Crippen LogP contribution in [-0.4, -0.2) is 39.1 Å². The average Bonchev–Trinajstić information content (AvgIpc) is 2.26. The second-order valence-electron chi connectivity index (χ2n) is 4.17. The van der Waals surface area contributed by atoms with E-state index in [0.717, 1.165) is 12.2 Å². The number of nitrogen functional groups attached to an aromatic ring is 1. The van der Waals surface area contributed by atoms with Crippen molar-refractivity contribution in [3.05, 3.63) is 0 Å². The molecule has 1 unspecified atom stereocenters. The number of anilines is 2. The minimum absolute atomic E-state index is 0.00724. The number of hydrogen-bond acceptors (Lipinski definition) is 7. The molecule has 0 saturated carbocycles. The maximum absolute atomic E-state index is 5.64. The van der Waals surface area contributed by atoms with Crippen molar-refractivity contribution in [2.45, 2.75) is 39.3 Å². The van der Waals surface area contributed by atoms with Gasteiger partial charge in [0.15, 0.2) is 0 Å². The molecule has 0 amide bonds. The van der Waals surface area contributed by atoms with Gasteiger partial charge in [0.2, 0.25) is 11.9 Å². The van der Waals surface area contributed by atoms with Gasteiger partial charge in [-0.2, -0.15) is 26.7 Å². The lowest BCUT2D eigenvalue weighted by atomic mass is 10.3. The molecule has 1 aromatic rings. The van der Waals surface area contributed by atoms with Crippen LogP contribution in [-0.2, 0) is 0 Å². The highest BCUT2D eigenvalue weighted by molar-refractivity contribution is 7.98. The van der Waals surface area contributed by atoms with Crippen LogP contribution in [0.4, 0.5) is 11.9 Å². The summed E-state index contributed by atoms with van der Waals surface area (Å²) in [5, 5.41) is 3.24. The Hall–Kier alpha value is -1.24. The number of nitrogens with zero attached hydrogens (tertiary/aromatic N) is 3. The van der Waals surface area contributed by atoms with Gasteiger partial charge in [0.1, 0.15) is 0 Å². The fourth-order valence-corrected chi connectivity index (χ4v) is 2.07. The Morgan fingerprint density at radius 1 is 1.33 bits per heavy atom. The van der Waals surface area contributed by atoms with E-state index < -0.39 is 0 Å². The number of thioether (sulfide) groups is 1. The van der Waals surface area contributed by atoms with Crippen LogP contribution in [0.1, 0.15) is 27.2 Å². The highest BCUT2D eigenvalue weighted by Crippen LogP contribution is 2.13. The molecule has 0 saturated heterocycles. The Balaban J connectivity index is 2.78. The Morgan fingerprint density at radius 3 is 2.61 bits per heavy atom. The second kappa shape index (κ2) is 7.25. The maximum atomic E-state index is 5.64. The molecule has 18 heavy (non-hydrogen) atoms. The van der Waals surface area contributed by atoms with Gasteiger partial charge < -0.3 is 15.8 Å². The molecule has 1 heterocycles. The zero-order valence-corrected chi connectivity index (χ0v) is 12.1. The first-order valence-electron chi connectivity index (χ1n) is 5.98. The smallest absolute Gasteiger partial charge is 0.323 e. The molecular weight excluding hydrogens is 250 g/mol. The van der Waals surface area contributed by atoms with Crippen molar-refractivity contribution in [1.29, 1.82) is 0 Å². The molecule has 1 rings (SSSR count). The fraction of sp³-hybridized carbons (Fsp3) is 0.727. The van der Waals surface area contributed by atoms with Crippen LogP contribution in [0.3, 0.4) is 0 Å². The van der Waals surface area contributed by atoms with Crippen molar-refractivity contribution in [3.63, 3.8) is 0 Å². The monoisotopic (exact) mass is 271 g/mol. The summed E-state index contributed by atoms with van der Waals surface area (Å²) >= 11 is 1.78. The first-order chi connectivity index (χ1) is 8.55. The van der Waals surface area contributed by atoms with E-state index in [9.17, 15) is 0 Å². The average molecular weight is 271 g/mol. The molecule has 1 aromatic heterocycles. The SMILES string of the molecule is CCC(CSC)Nc1nc(N)nc(OC(C)C)n1. The van der Waals surface area contributed by atoms with Gasteiger partial charge in [-0.05, 0) is 26.5 Å². The molecule has 0 bridgehead atoms. The normalized spacial score (nSPS) is 12.5. The third kappa shape index (κ3) is 4.95. The van der Waals surface area contributed by atoms with Gasteiger partial charge in [-0.3, -0.25) is 0 Å². The predicted molar refractivity (Wildman–Crippen MR) is 76.1 cm³/mol. The molecule has 102 valence electrons. The van der Waals surface area contributed by atoms with E-state index in [1.165, 1.54) is 0 Å². The van der Waals surface area contributed by atoms with Gasteiger partial charge >= 0.3 is 6.01 Å². The van der Waals surface area contributed by atoms with E-state index in [-0.39, 0.29) is 18.1 Å². The van der Waals surface area contributed by atoms with E-state index in [0.29, 0.717) is 12.0 Å². The first kappa shape index (κ1) is 14.8. The van der Waals surface area contributed by atoms with E-state index in [1.54, 1.807) is 11.8 Å². The molecule has 6 nitrogen and oxygen atoms in total. The van der Waals surface area contributed by atoms with Gasteiger partial charge in [-0.25, -0.2) is 0 Å². The largest absolute Gasteiger partial charge is 0.461 e. The van der Waals surface area contributed by atoms with Gasteiger partial charge in [0.05, 0.1) is 6.10 Å². The van der Waals surface area contributed by atoms with Crippen molar-refractivity contribution in [2.75, 3.05) is 23.1 Å². The summed E-state index contributed by atoms with van der Waals surface area (Å²) < 4.78 is 5.42. The number of nitrogens with one attached hydrogen (secondary N) is 1. The standard InChI is InChI=1S/C11H21N5OS/c1-5-8(6-18-4)13-10-14-9(12)15-11(16-10)17-7(2)3/h7-8H,5-6H2,1-4H3,(H3,12,13,14,15,16). The van der Waals surface area contributed by atoms with E-state index in [1.807, 2.05) is 13.8 Å². The summed E-state index contributed by atoms with van der Waals surface area (Å²) in [5.41, 5.74) is 5.64. The zero-order chi connectivity index (χ0) is 13.5. The van der Waals surface area contributed by atoms with Crippen molar-refractivity contribution < 1.29 is 4.74 Å². The minimum atomic E-state index is 0.00724. The zero-order valence-electron chi connectivity index (χ0n) is 11.3. The molecular formula is C11H21N5OS. The molecule has 0 aliphatic rings. The van der Waals surface area contributed by atoms with E-state index >= 15 is 0 Å². The number of aromatic nitrogens is 3. The van der Waals surface area contributed by atoms with Crippen LogP contribution in [0.15, 0.2) is 0 Å². The molecule has 0 fully saturated rings. The van der Waals surface area contributed by atoms with Crippen molar-refractivity contribution in [2.24, 2.45) is 0 Å². The van der Waals surface area contributed by atoms with Crippen LogP contribution in [0.5, 0.6) is 6.01 Å². The summed E-state index contributed by atoms with van der Waals surface area (Å²) in [6.45, 7) is 5.94. The van der Waals surface area contributed by atoms with Gasteiger partial charge in [0, 0.05) is 11.8 Å². The number of hydrogen-bond donors (Lipinski definition) is 2. The highest BCUT2D eigenvalue weighted by atomic mass is 32.2. The summed E-state index contributed by atoms with van der Waals surface area (Å²) in [7, 11) is 0. The quantitative estimate of drug-likeness (QED) is 0.782. The summed E-state index contributed by atoms with van der Waals surface area (Å²) in [6, 6.07) is 0.577. The lowest BCUT2D eigenvalue weighted by Crippen LogP contribution is -2.23. The molecule has 0 aromatic carbocycles. The van der Waals surface area contributed by atoms with Crippen LogP contribution in [0, 0.1) is 0 Å². The van der Waals surface area contributed by atoms with E-state index in [4.69, 9.17) is 10.5 Å². The number of ether oxygens (including phenoxy) is 1. The Bertz CT molecular complexity index is 374. The highest BCUT2D eigenvalue weighted by Gasteiger charge is 2.11. The lowest BCUT2D eigenvalue weighted by Gasteiger charge is -2.16.